The maximum atomic E-state index is 12.8. The summed E-state index contributed by atoms with van der Waals surface area (Å²) in [6.07, 6.45) is 20.8. The second kappa shape index (κ2) is 15.9. The van der Waals surface area contributed by atoms with E-state index < -0.39 is 11.2 Å². The van der Waals surface area contributed by atoms with E-state index in [1.54, 1.807) is 0 Å². The Labute approximate surface area is 213 Å². The molecule has 0 aromatic heterocycles. The number of rotatable bonds is 14. The van der Waals surface area contributed by atoms with Crippen molar-refractivity contribution >= 4 is 11.9 Å². The molecule has 0 amide bonds. The monoisotopic (exact) mass is 492 g/mol. The van der Waals surface area contributed by atoms with Crippen molar-refractivity contribution in [3.05, 3.63) is 36.5 Å². The normalized spacial score (nSPS) is 21.1. The molecule has 6 heteroatoms. The molecule has 1 rings (SSSR count). The van der Waals surface area contributed by atoms with E-state index in [9.17, 15) is 9.59 Å². The number of unbranched alkanes of at least 4 members (excludes halogenated alkanes) is 4. The minimum Gasteiger partial charge on any atom is -0.298 e. The molecule has 0 aromatic rings. The molecule has 3 unspecified atom stereocenters. The van der Waals surface area contributed by atoms with Crippen LogP contribution in [0.5, 0.6) is 0 Å². The largest absolute Gasteiger partial charge is 0.346 e. The molecular formula is C29H48O6. The van der Waals surface area contributed by atoms with Crippen LogP contribution in [0.2, 0.25) is 0 Å². The Morgan fingerprint density at radius 2 is 1.49 bits per heavy atom. The smallest absolute Gasteiger partial charge is 0.298 e. The number of carbonyl (C=O) groups excluding carboxylic acids is 2. The summed E-state index contributed by atoms with van der Waals surface area (Å²) >= 11 is 0. The van der Waals surface area contributed by atoms with Gasteiger partial charge in [-0.2, -0.15) is 9.78 Å². The molecule has 0 aliphatic heterocycles. The zero-order valence-electron chi connectivity index (χ0n) is 23.0. The van der Waals surface area contributed by atoms with Crippen LogP contribution in [0.15, 0.2) is 36.5 Å². The van der Waals surface area contributed by atoms with Crippen LogP contribution in [-0.2, 0) is 29.1 Å². The van der Waals surface area contributed by atoms with E-state index in [2.05, 4.69) is 31.2 Å². The molecule has 3 atom stereocenters. The summed E-state index contributed by atoms with van der Waals surface area (Å²) in [5, 5.41) is 0. The summed E-state index contributed by atoms with van der Waals surface area (Å²) in [5.74, 6) is -0.506. The molecule has 0 spiro atoms. The second-order valence-electron chi connectivity index (χ2n) is 11.3. The summed E-state index contributed by atoms with van der Waals surface area (Å²) in [5.41, 5.74) is -1.02. The van der Waals surface area contributed by atoms with Crippen LogP contribution in [0.4, 0.5) is 0 Å². The lowest BCUT2D eigenvalue weighted by atomic mass is 9.77. The molecule has 0 N–H and O–H groups in total. The van der Waals surface area contributed by atoms with Crippen LogP contribution in [0.1, 0.15) is 106 Å². The SMILES string of the molecule is CC/C=C/C=C/C1C=CC(CCCCCCCC(=O)OOC(C)(C)C)CC1C(=O)OOC(C)(C)C. The Hall–Kier alpha value is -1.92. The van der Waals surface area contributed by atoms with Gasteiger partial charge in [0, 0.05) is 12.3 Å². The van der Waals surface area contributed by atoms with Crippen molar-refractivity contribution in [2.75, 3.05) is 0 Å². The fourth-order valence-corrected chi connectivity index (χ4v) is 3.70. The molecule has 1 aliphatic carbocycles. The highest BCUT2D eigenvalue weighted by Crippen LogP contribution is 2.33. The standard InChI is InChI=1S/C29H48O6/c1-8-9-10-15-18-24-21-20-23(22-25(24)27(31)33-35-29(5,6)7)17-14-12-11-13-16-19-26(30)32-34-28(2,3)4/h9-10,15,18,20-21,23-25H,8,11-14,16-17,19,22H2,1-7H3/b10-9+,18-15+. The maximum absolute atomic E-state index is 12.8. The number of hydrogen-bond acceptors (Lipinski definition) is 6. The van der Waals surface area contributed by atoms with E-state index >= 15 is 0 Å². The molecule has 0 saturated heterocycles. The fourth-order valence-electron chi connectivity index (χ4n) is 3.70. The van der Waals surface area contributed by atoms with Crippen LogP contribution in [0, 0.1) is 17.8 Å². The first-order valence-electron chi connectivity index (χ1n) is 13.2. The highest BCUT2D eigenvalue weighted by atomic mass is 17.2. The number of allylic oxidation sites excluding steroid dienone is 6. The fraction of sp³-hybridized carbons (Fsp3) is 0.724. The summed E-state index contributed by atoms with van der Waals surface area (Å²) in [6.45, 7) is 13.2. The third kappa shape index (κ3) is 15.6. The van der Waals surface area contributed by atoms with Gasteiger partial charge >= 0.3 is 11.9 Å². The Balaban J connectivity index is 2.43. The first kappa shape index (κ1) is 31.1. The van der Waals surface area contributed by atoms with Gasteiger partial charge in [-0.15, -0.1) is 0 Å². The van der Waals surface area contributed by atoms with E-state index in [-0.39, 0.29) is 23.8 Å². The molecule has 0 fully saturated rings. The Bertz CT molecular complexity index is 708. The van der Waals surface area contributed by atoms with Gasteiger partial charge in [0.1, 0.15) is 11.2 Å². The molecule has 200 valence electrons. The quantitative estimate of drug-likeness (QED) is 0.0817. The van der Waals surface area contributed by atoms with Gasteiger partial charge in [0.05, 0.1) is 5.92 Å². The van der Waals surface area contributed by atoms with Gasteiger partial charge in [0.2, 0.25) is 0 Å². The summed E-state index contributed by atoms with van der Waals surface area (Å²) in [6, 6.07) is 0. The zero-order valence-corrected chi connectivity index (χ0v) is 23.0. The first-order valence-corrected chi connectivity index (χ1v) is 13.2. The Morgan fingerprint density at radius 1 is 0.857 bits per heavy atom. The lowest BCUT2D eigenvalue weighted by molar-refractivity contribution is -0.323. The molecule has 1 aliphatic rings. The van der Waals surface area contributed by atoms with Crippen molar-refractivity contribution in [3.63, 3.8) is 0 Å². The summed E-state index contributed by atoms with van der Waals surface area (Å²) < 4.78 is 0. The Kier molecular flexibility index (Phi) is 14.2. The zero-order chi connectivity index (χ0) is 26.3. The molecule has 0 heterocycles. The third-order valence-electron chi connectivity index (χ3n) is 5.46. The van der Waals surface area contributed by atoms with Crippen molar-refractivity contribution < 1.29 is 29.1 Å². The van der Waals surface area contributed by atoms with E-state index in [0.717, 1.165) is 51.4 Å². The van der Waals surface area contributed by atoms with Crippen molar-refractivity contribution in [1.29, 1.82) is 0 Å². The van der Waals surface area contributed by atoms with Crippen LogP contribution in [-0.4, -0.2) is 23.1 Å². The number of hydrogen-bond donors (Lipinski definition) is 0. The highest BCUT2D eigenvalue weighted by Gasteiger charge is 2.33. The lowest BCUT2D eigenvalue weighted by Gasteiger charge is -2.29. The predicted octanol–water partition coefficient (Wildman–Crippen LogP) is 7.59. The molecule has 0 radical (unpaired) electrons. The second-order valence-corrected chi connectivity index (χ2v) is 11.3. The van der Waals surface area contributed by atoms with Gasteiger partial charge in [-0.1, -0.05) is 69.1 Å². The van der Waals surface area contributed by atoms with Crippen LogP contribution < -0.4 is 0 Å². The Morgan fingerprint density at radius 3 is 2.14 bits per heavy atom. The lowest BCUT2D eigenvalue weighted by Crippen LogP contribution is -2.31. The van der Waals surface area contributed by atoms with Crippen molar-refractivity contribution in [1.82, 2.24) is 0 Å². The van der Waals surface area contributed by atoms with Gasteiger partial charge in [-0.05, 0) is 73.1 Å². The average molecular weight is 493 g/mol. The number of carbonyl (C=O) groups is 2. The van der Waals surface area contributed by atoms with Gasteiger partial charge in [-0.3, -0.25) is 9.78 Å². The first-order chi connectivity index (χ1) is 16.4. The van der Waals surface area contributed by atoms with Gasteiger partial charge in [-0.25, -0.2) is 9.59 Å². The summed E-state index contributed by atoms with van der Waals surface area (Å²) in [4.78, 5) is 44.9. The van der Waals surface area contributed by atoms with Crippen molar-refractivity contribution in [2.24, 2.45) is 17.8 Å². The molecule has 0 saturated carbocycles. The maximum Gasteiger partial charge on any atom is 0.346 e. The van der Waals surface area contributed by atoms with Gasteiger partial charge in [0.15, 0.2) is 0 Å². The molecule has 0 bridgehead atoms. The van der Waals surface area contributed by atoms with Crippen molar-refractivity contribution in [3.8, 4) is 0 Å². The summed E-state index contributed by atoms with van der Waals surface area (Å²) in [7, 11) is 0. The van der Waals surface area contributed by atoms with E-state index in [1.807, 2.05) is 53.7 Å². The molecular weight excluding hydrogens is 444 g/mol. The van der Waals surface area contributed by atoms with Crippen LogP contribution >= 0.6 is 0 Å². The molecule has 35 heavy (non-hydrogen) atoms. The minimum atomic E-state index is -0.537. The topological polar surface area (TPSA) is 71.1 Å². The molecule has 0 aromatic carbocycles. The van der Waals surface area contributed by atoms with Crippen molar-refractivity contribution in [2.45, 2.75) is 117 Å². The van der Waals surface area contributed by atoms with Crippen LogP contribution in [0.3, 0.4) is 0 Å². The average Bonchev–Trinajstić information content (AvgIpc) is 2.77. The third-order valence-corrected chi connectivity index (χ3v) is 5.46. The molecule has 6 nitrogen and oxygen atoms in total. The highest BCUT2D eigenvalue weighted by molar-refractivity contribution is 5.73. The predicted molar refractivity (Wildman–Crippen MR) is 139 cm³/mol. The van der Waals surface area contributed by atoms with Gasteiger partial charge in [0.25, 0.3) is 0 Å². The van der Waals surface area contributed by atoms with E-state index in [4.69, 9.17) is 19.6 Å². The minimum absolute atomic E-state index is 0.00541. The van der Waals surface area contributed by atoms with Crippen LogP contribution in [0.25, 0.3) is 0 Å². The van der Waals surface area contributed by atoms with E-state index in [1.165, 1.54) is 0 Å². The van der Waals surface area contributed by atoms with Gasteiger partial charge < -0.3 is 0 Å². The van der Waals surface area contributed by atoms with E-state index in [0.29, 0.717) is 12.3 Å².